The van der Waals surface area contributed by atoms with E-state index in [1.807, 2.05) is 26.0 Å². The van der Waals surface area contributed by atoms with Gasteiger partial charge in [0.1, 0.15) is 6.07 Å². The van der Waals surface area contributed by atoms with Gasteiger partial charge in [-0.25, -0.2) is 0 Å². The zero-order valence-corrected chi connectivity index (χ0v) is 10.4. The predicted octanol–water partition coefficient (Wildman–Crippen LogP) is 2.58. The molecule has 1 N–H and O–H groups in total. The first-order valence-electron chi connectivity index (χ1n) is 5.72. The molecule has 1 heterocycles. The van der Waals surface area contributed by atoms with E-state index in [4.69, 9.17) is 5.26 Å². The summed E-state index contributed by atoms with van der Waals surface area (Å²) in [4.78, 5) is 8.46. The summed E-state index contributed by atoms with van der Waals surface area (Å²) in [6.07, 6.45) is 3.48. The van der Waals surface area contributed by atoms with E-state index in [0.29, 0.717) is 12.1 Å². The third-order valence-corrected chi connectivity index (χ3v) is 2.67. The second kappa shape index (κ2) is 5.28. The number of nitrogens with zero attached hydrogens (tertiary/aromatic N) is 3. The molecule has 0 fully saturated rings. The fraction of sp³-hybridized carbons (Fsp3) is 0.214. The summed E-state index contributed by atoms with van der Waals surface area (Å²) in [6.45, 7) is 4.44. The van der Waals surface area contributed by atoms with Gasteiger partial charge in [0.2, 0.25) is 0 Å². The molecular weight excluding hydrogens is 224 g/mol. The van der Waals surface area contributed by atoms with Gasteiger partial charge in [0.15, 0.2) is 0 Å². The van der Waals surface area contributed by atoms with Gasteiger partial charge in [-0.15, -0.1) is 0 Å². The van der Waals surface area contributed by atoms with Gasteiger partial charge in [0, 0.05) is 6.20 Å². The number of nitriles is 1. The van der Waals surface area contributed by atoms with Crippen molar-refractivity contribution in [2.75, 3.05) is 5.32 Å². The van der Waals surface area contributed by atoms with Crippen LogP contribution in [0.5, 0.6) is 0 Å². The van der Waals surface area contributed by atoms with Crippen molar-refractivity contribution in [2.45, 2.75) is 20.4 Å². The molecule has 0 aliphatic carbocycles. The molecule has 0 aliphatic rings. The lowest BCUT2D eigenvalue weighted by Crippen LogP contribution is -2.05. The normalized spacial score (nSPS) is 9.83. The molecule has 0 radical (unpaired) electrons. The number of benzene rings is 1. The highest BCUT2D eigenvalue weighted by atomic mass is 14.9. The first kappa shape index (κ1) is 12.1. The molecule has 4 heteroatoms. The number of hydrogen-bond acceptors (Lipinski definition) is 4. The minimum atomic E-state index is 0.562. The van der Waals surface area contributed by atoms with Gasteiger partial charge in [-0.05, 0) is 25.5 Å². The van der Waals surface area contributed by atoms with Crippen molar-refractivity contribution < 1.29 is 0 Å². The number of rotatable bonds is 3. The standard InChI is InChI=1S/C14H14N4/c1-10-4-3-5-12(6-15)14(10)18-9-13-8-16-11(2)7-17-13/h3-5,7-8,18H,9H2,1-2H3. The number of para-hydroxylation sites is 1. The van der Waals surface area contributed by atoms with E-state index in [2.05, 4.69) is 21.4 Å². The van der Waals surface area contributed by atoms with Crippen LogP contribution in [-0.4, -0.2) is 9.97 Å². The molecule has 0 amide bonds. The highest BCUT2D eigenvalue weighted by molar-refractivity contribution is 5.62. The third-order valence-electron chi connectivity index (χ3n) is 2.67. The zero-order valence-electron chi connectivity index (χ0n) is 10.4. The fourth-order valence-electron chi connectivity index (χ4n) is 1.69. The monoisotopic (exact) mass is 238 g/mol. The molecule has 0 atom stereocenters. The van der Waals surface area contributed by atoms with Gasteiger partial charge >= 0.3 is 0 Å². The quantitative estimate of drug-likeness (QED) is 0.892. The van der Waals surface area contributed by atoms with Crippen molar-refractivity contribution in [3.63, 3.8) is 0 Å². The van der Waals surface area contributed by atoms with Crippen LogP contribution in [0.1, 0.15) is 22.5 Å². The molecule has 0 aliphatic heterocycles. The molecule has 18 heavy (non-hydrogen) atoms. The Labute approximate surface area is 106 Å². The van der Waals surface area contributed by atoms with Gasteiger partial charge in [0.25, 0.3) is 0 Å². The first-order chi connectivity index (χ1) is 8.70. The highest BCUT2D eigenvalue weighted by Gasteiger charge is 2.04. The summed E-state index contributed by atoms with van der Waals surface area (Å²) in [7, 11) is 0. The Morgan fingerprint density at radius 3 is 2.72 bits per heavy atom. The molecule has 0 saturated carbocycles. The van der Waals surface area contributed by atoms with E-state index in [-0.39, 0.29) is 0 Å². The second-order valence-corrected chi connectivity index (χ2v) is 4.11. The first-order valence-corrected chi connectivity index (χ1v) is 5.72. The van der Waals surface area contributed by atoms with Crippen molar-refractivity contribution >= 4 is 5.69 Å². The van der Waals surface area contributed by atoms with Crippen LogP contribution in [0.3, 0.4) is 0 Å². The molecule has 0 unspecified atom stereocenters. The number of aromatic nitrogens is 2. The van der Waals surface area contributed by atoms with Crippen LogP contribution in [-0.2, 0) is 6.54 Å². The van der Waals surface area contributed by atoms with Gasteiger partial charge < -0.3 is 5.32 Å². The Balaban J connectivity index is 2.16. The molecule has 90 valence electrons. The van der Waals surface area contributed by atoms with E-state index >= 15 is 0 Å². The van der Waals surface area contributed by atoms with Gasteiger partial charge in [-0.1, -0.05) is 12.1 Å². The van der Waals surface area contributed by atoms with Gasteiger partial charge in [-0.2, -0.15) is 5.26 Å². The van der Waals surface area contributed by atoms with E-state index in [9.17, 15) is 0 Å². The Morgan fingerprint density at radius 2 is 2.06 bits per heavy atom. The maximum Gasteiger partial charge on any atom is 0.101 e. The lowest BCUT2D eigenvalue weighted by molar-refractivity contribution is 0.982. The largest absolute Gasteiger partial charge is 0.378 e. The summed E-state index contributed by atoms with van der Waals surface area (Å²) in [6, 6.07) is 7.84. The van der Waals surface area contributed by atoms with Crippen LogP contribution in [0.4, 0.5) is 5.69 Å². The van der Waals surface area contributed by atoms with Crippen molar-refractivity contribution in [3.8, 4) is 6.07 Å². The lowest BCUT2D eigenvalue weighted by atomic mass is 10.1. The maximum absolute atomic E-state index is 9.06. The van der Waals surface area contributed by atoms with Crippen LogP contribution in [0.15, 0.2) is 30.6 Å². The van der Waals surface area contributed by atoms with E-state index in [0.717, 1.165) is 22.6 Å². The van der Waals surface area contributed by atoms with E-state index in [1.165, 1.54) is 0 Å². The lowest BCUT2D eigenvalue weighted by Gasteiger charge is -2.10. The molecular formula is C14H14N4. The molecule has 2 rings (SSSR count). The average Bonchev–Trinajstić information content (AvgIpc) is 2.39. The Hall–Kier alpha value is -2.41. The third kappa shape index (κ3) is 2.64. The zero-order chi connectivity index (χ0) is 13.0. The van der Waals surface area contributed by atoms with Crippen LogP contribution >= 0.6 is 0 Å². The Kier molecular flexibility index (Phi) is 3.54. The van der Waals surface area contributed by atoms with Crippen LogP contribution < -0.4 is 5.32 Å². The predicted molar refractivity (Wildman–Crippen MR) is 70.0 cm³/mol. The summed E-state index contributed by atoms with van der Waals surface area (Å²) in [5.41, 5.74) is 4.31. The van der Waals surface area contributed by atoms with Crippen LogP contribution in [0, 0.1) is 25.2 Å². The number of nitrogens with one attached hydrogen (secondary N) is 1. The van der Waals surface area contributed by atoms with Crippen LogP contribution in [0.2, 0.25) is 0 Å². The topological polar surface area (TPSA) is 61.6 Å². The van der Waals surface area contributed by atoms with Crippen LogP contribution in [0.25, 0.3) is 0 Å². The smallest absolute Gasteiger partial charge is 0.101 e. The average molecular weight is 238 g/mol. The van der Waals surface area contributed by atoms with Gasteiger partial charge in [-0.3, -0.25) is 9.97 Å². The summed E-state index contributed by atoms with van der Waals surface area (Å²) >= 11 is 0. The molecule has 1 aromatic heterocycles. The fourth-order valence-corrected chi connectivity index (χ4v) is 1.69. The maximum atomic E-state index is 9.06. The number of aryl methyl sites for hydroxylation is 2. The number of hydrogen-bond donors (Lipinski definition) is 1. The van der Waals surface area contributed by atoms with Crippen molar-refractivity contribution in [3.05, 3.63) is 53.1 Å². The van der Waals surface area contributed by atoms with E-state index in [1.54, 1.807) is 18.5 Å². The molecule has 4 nitrogen and oxygen atoms in total. The van der Waals surface area contributed by atoms with Crippen molar-refractivity contribution in [2.24, 2.45) is 0 Å². The van der Waals surface area contributed by atoms with Gasteiger partial charge in [0.05, 0.1) is 35.4 Å². The van der Waals surface area contributed by atoms with Crippen molar-refractivity contribution in [1.29, 1.82) is 5.26 Å². The summed E-state index contributed by atoms with van der Waals surface area (Å²) in [5.74, 6) is 0. The number of anilines is 1. The summed E-state index contributed by atoms with van der Waals surface area (Å²) in [5, 5.41) is 12.3. The highest BCUT2D eigenvalue weighted by Crippen LogP contribution is 2.20. The molecule has 0 bridgehead atoms. The molecule has 0 spiro atoms. The minimum absolute atomic E-state index is 0.562. The summed E-state index contributed by atoms with van der Waals surface area (Å²) < 4.78 is 0. The SMILES string of the molecule is Cc1cnc(CNc2c(C)cccc2C#N)cn1. The Bertz CT molecular complexity index is 582. The minimum Gasteiger partial charge on any atom is -0.378 e. The second-order valence-electron chi connectivity index (χ2n) is 4.11. The van der Waals surface area contributed by atoms with E-state index < -0.39 is 0 Å². The molecule has 2 aromatic rings. The Morgan fingerprint density at radius 1 is 1.22 bits per heavy atom. The molecule has 1 aromatic carbocycles. The van der Waals surface area contributed by atoms with Crippen molar-refractivity contribution in [1.82, 2.24) is 9.97 Å². The molecule has 0 saturated heterocycles.